The number of likely N-dealkylation sites (tertiary alicyclic amines) is 2. The maximum atomic E-state index is 13.0. The average molecular weight is 495 g/mol. The Morgan fingerprint density at radius 1 is 0.889 bits per heavy atom. The third kappa shape index (κ3) is 5.90. The van der Waals surface area contributed by atoms with E-state index in [2.05, 4.69) is 10.6 Å². The summed E-state index contributed by atoms with van der Waals surface area (Å²) in [4.78, 5) is 41.8. The molecule has 0 aromatic heterocycles. The molecule has 2 aliphatic rings. The van der Waals surface area contributed by atoms with Crippen LogP contribution in [0.3, 0.4) is 0 Å². The van der Waals surface area contributed by atoms with Crippen LogP contribution in [-0.2, 0) is 16.0 Å². The molecule has 0 aliphatic carbocycles. The number of hydrogen-bond donors (Lipinski definition) is 2. The zero-order valence-electron chi connectivity index (χ0n) is 20.9. The van der Waals surface area contributed by atoms with Gasteiger partial charge in [0.05, 0.1) is 19.9 Å². The Morgan fingerprint density at radius 3 is 2.19 bits per heavy atom. The largest absolute Gasteiger partial charge is 0.495 e. The number of rotatable bonds is 6. The molecule has 0 unspecified atom stereocenters. The number of para-hydroxylation sites is 2. The summed E-state index contributed by atoms with van der Waals surface area (Å²) in [7, 11) is 2.90. The Kier molecular flexibility index (Phi) is 7.97. The van der Waals surface area contributed by atoms with Crippen molar-refractivity contribution in [2.75, 3.05) is 45.7 Å². The van der Waals surface area contributed by atoms with Crippen LogP contribution in [0.5, 0.6) is 5.75 Å². The zero-order chi connectivity index (χ0) is 25.5. The quantitative estimate of drug-likeness (QED) is 0.599. The molecule has 2 fully saturated rings. The van der Waals surface area contributed by atoms with Crippen molar-refractivity contribution < 1.29 is 23.9 Å². The second kappa shape index (κ2) is 11.3. The molecule has 1 spiro atoms. The number of nitrogens with one attached hydrogen (secondary N) is 2. The Labute approximate surface area is 211 Å². The topological polar surface area (TPSA) is 100 Å². The van der Waals surface area contributed by atoms with Gasteiger partial charge in [-0.2, -0.15) is 0 Å². The maximum Gasteiger partial charge on any atom is 0.328 e. The van der Waals surface area contributed by atoms with Gasteiger partial charge in [0.15, 0.2) is 0 Å². The fraction of sp³-hybridized carbons (Fsp3) is 0.444. The van der Waals surface area contributed by atoms with Crippen LogP contribution < -0.4 is 15.4 Å². The van der Waals surface area contributed by atoms with Crippen LogP contribution in [0.1, 0.15) is 24.8 Å². The lowest BCUT2D eigenvalue weighted by atomic mass is 9.78. The molecule has 2 saturated heterocycles. The second-order valence-electron chi connectivity index (χ2n) is 9.50. The number of urea groups is 2. The lowest BCUT2D eigenvalue weighted by molar-refractivity contribution is -0.142. The molecule has 192 valence electrons. The predicted octanol–water partition coefficient (Wildman–Crippen LogP) is 3.51. The highest BCUT2D eigenvalue weighted by atomic mass is 16.5. The Hall–Kier alpha value is -3.75. The zero-order valence-corrected chi connectivity index (χ0v) is 20.9. The summed E-state index contributed by atoms with van der Waals surface area (Å²) in [6, 6.07) is 15.7. The van der Waals surface area contributed by atoms with Gasteiger partial charge in [0, 0.05) is 32.6 Å². The fourth-order valence-electron chi connectivity index (χ4n) is 5.07. The molecular formula is C27H34N4O5. The van der Waals surface area contributed by atoms with Gasteiger partial charge in [-0.3, -0.25) is 0 Å². The molecule has 36 heavy (non-hydrogen) atoms. The first kappa shape index (κ1) is 25.3. The Morgan fingerprint density at radius 2 is 1.53 bits per heavy atom. The van der Waals surface area contributed by atoms with Crippen molar-refractivity contribution in [3.8, 4) is 5.75 Å². The number of piperidine rings is 1. The van der Waals surface area contributed by atoms with Gasteiger partial charge in [-0.25, -0.2) is 14.4 Å². The molecule has 4 rings (SSSR count). The standard InChI is InChI=1S/C27H34N4O5/c1-35-23-11-7-6-10-21(23)28-25(33)30-15-12-27(13-16-30)14-17-31(19-27)26(34)29-22(24(32)36-2)18-20-8-4-3-5-9-20/h3-11,22H,12-19H2,1-2H3,(H,28,33)(H,29,34)/t22-/m0/s1. The summed E-state index contributed by atoms with van der Waals surface area (Å²) in [6.07, 6.45) is 2.89. The summed E-state index contributed by atoms with van der Waals surface area (Å²) in [5.41, 5.74) is 1.58. The molecule has 9 nitrogen and oxygen atoms in total. The van der Waals surface area contributed by atoms with Gasteiger partial charge in [-0.1, -0.05) is 42.5 Å². The first-order valence-electron chi connectivity index (χ1n) is 12.3. The first-order chi connectivity index (χ1) is 17.4. The van der Waals surface area contributed by atoms with Crippen molar-refractivity contribution in [1.29, 1.82) is 0 Å². The van der Waals surface area contributed by atoms with E-state index >= 15 is 0 Å². The Balaban J connectivity index is 1.30. The van der Waals surface area contributed by atoms with Crippen molar-refractivity contribution in [2.45, 2.75) is 31.7 Å². The highest BCUT2D eigenvalue weighted by Gasteiger charge is 2.43. The van der Waals surface area contributed by atoms with E-state index in [9.17, 15) is 14.4 Å². The minimum atomic E-state index is -0.748. The van der Waals surface area contributed by atoms with Crippen LogP contribution in [0.25, 0.3) is 0 Å². The SMILES string of the molecule is COC(=O)[C@H](Cc1ccccc1)NC(=O)N1CCC2(CCN(C(=O)Nc3ccccc3OC)CC2)C1. The molecule has 0 bridgehead atoms. The normalized spacial score (nSPS) is 17.4. The number of benzene rings is 2. The van der Waals surface area contributed by atoms with Crippen LogP contribution in [-0.4, -0.2) is 74.3 Å². The van der Waals surface area contributed by atoms with Crippen molar-refractivity contribution in [3.05, 3.63) is 60.2 Å². The average Bonchev–Trinajstić information content (AvgIpc) is 3.32. The van der Waals surface area contributed by atoms with E-state index < -0.39 is 12.0 Å². The van der Waals surface area contributed by atoms with Crippen LogP contribution in [0.4, 0.5) is 15.3 Å². The van der Waals surface area contributed by atoms with Crippen molar-refractivity contribution in [3.63, 3.8) is 0 Å². The summed E-state index contributed by atoms with van der Waals surface area (Å²) in [6.45, 7) is 2.48. The molecule has 2 aromatic carbocycles. The van der Waals surface area contributed by atoms with E-state index in [1.807, 2.05) is 59.5 Å². The van der Waals surface area contributed by atoms with Crippen LogP contribution in [0, 0.1) is 5.41 Å². The lowest BCUT2D eigenvalue weighted by Crippen LogP contribution is -2.50. The number of anilines is 1. The predicted molar refractivity (Wildman–Crippen MR) is 136 cm³/mol. The van der Waals surface area contributed by atoms with Crippen molar-refractivity contribution >= 4 is 23.7 Å². The van der Waals surface area contributed by atoms with Gasteiger partial charge in [0.1, 0.15) is 11.8 Å². The number of carbonyl (C=O) groups excluding carboxylic acids is 3. The summed E-state index contributed by atoms with van der Waals surface area (Å²) >= 11 is 0. The summed E-state index contributed by atoms with van der Waals surface area (Å²) < 4.78 is 10.2. The highest BCUT2D eigenvalue weighted by molar-refractivity contribution is 5.91. The molecule has 2 aromatic rings. The Bertz CT molecular complexity index is 1070. The summed E-state index contributed by atoms with van der Waals surface area (Å²) in [5.74, 6) is 0.157. The van der Waals surface area contributed by atoms with Crippen LogP contribution in [0.15, 0.2) is 54.6 Å². The minimum absolute atomic E-state index is 0.0151. The van der Waals surface area contributed by atoms with E-state index in [0.717, 1.165) is 24.8 Å². The summed E-state index contributed by atoms with van der Waals surface area (Å²) in [5, 5.41) is 5.81. The third-order valence-electron chi connectivity index (χ3n) is 7.25. The second-order valence-corrected chi connectivity index (χ2v) is 9.50. The maximum absolute atomic E-state index is 13.0. The number of esters is 1. The van der Waals surface area contributed by atoms with Crippen molar-refractivity contribution in [2.24, 2.45) is 5.41 Å². The van der Waals surface area contributed by atoms with Gasteiger partial charge in [-0.15, -0.1) is 0 Å². The van der Waals surface area contributed by atoms with E-state index in [0.29, 0.717) is 44.0 Å². The molecule has 1 atom stereocenters. The monoisotopic (exact) mass is 494 g/mol. The van der Waals surface area contributed by atoms with E-state index in [-0.39, 0.29) is 17.5 Å². The number of hydrogen-bond acceptors (Lipinski definition) is 5. The minimum Gasteiger partial charge on any atom is -0.495 e. The van der Waals surface area contributed by atoms with Crippen molar-refractivity contribution in [1.82, 2.24) is 15.1 Å². The van der Waals surface area contributed by atoms with E-state index in [1.54, 1.807) is 12.0 Å². The molecule has 0 radical (unpaired) electrons. The van der Waals surface area contributed by atoms with E-state index in [4.69, 9.17) is 9.47 Å². The van der Waals surface area contributed by atoms with Gasteiger partial charge in [0.25, 0.3) is 0 Å². The molecule has 9 heteroatoms. The number of methoxy groups -OCH3 is 2. The number of nitrogens with zero attached hydrogens (tertiary/aromatic N) is 2. The molecule has 0 saturated carbocycles. The molecule has 2 aliphatic heterocycles. The van der Waals surface area contributed by atoms with E-state index in [1.165, 1.54) is 7.11 Å². The van der Waals surface area contributed by atoms with Crippen LogP contribution >= 0.6 is 0 Å². The molecule has 2 heterocycles. The number of carbonyl (C=O) groups is 3. The van der Waals surface area contributed by atoms with Crippen LogP contribution in [0.2, 0.25) is 0 Å². The van der Waals surface area contributed by atoms with Gasteiger partial charge in [-0.05, 0) is 42.4 Å². The molecule has 4 amide bonds. The smallest absolute Gasteiger partial charge is 0.328 e. The molecule has 2 N–H and O–H groups in total. The van der Waals surface area contributed by atoms with Gasteiger partial charge < -0.3 is 29.9 Å². The highest BCUT2D eigenvalue weighted by Crippen LogP contribution is 2.40. The first-order valence-corrected chi connectivity index (χ1v) is 12.3. The number of amides is 4. The third-order valence-corrected chi connectivity index (χ3v) is 7.25. The number of ether oxygens (including phenoxy) is 2. The van der Waals surface area contributed by atoms with Gasteiger partial charge in [0.2, 0.25) is 0 Å². The molecular weight excluding hydrogens is 460 g/mol. The fourth-order valence-corrected chi connectivity index (χ4v) is 5.07. The van der Waals surface area contributed by atoms with Gasteiger partial charge >= 0.3 is 18.0 Å². The lowest BCUT2D eigenvalue weighted by Gasteiger charge is -2.39.